The van der Waals surface area contributed by atoms with Crippen LogP contribution in [0.1, 0.15) is 32.4 Å². The molecule has 0 fully saturated rings. The highest BCUT2D eigenvalue weighted by Gasteiger charge is 2.02. The summed E-state index contributed by atoms with van der Waals surface area (Å²) in [4.78, 5) is 10.3. The predicted molar refractivity (Wildman–Crippen MR) is 57.6 cm³/mol. The molecule has 0 spiro atoms. The SMILES string of the molecule is CC(C)Cn1ccc(CCCC(=O)O)n1. The van der Waals surface area contributed by atoms with E-state index in [-0.39, 0.29) is 6.42 Å². The normalized spacial score (nSPS) is 10.9. The van der Waals surface area contributed by atoms with Gasteiger partial charge in [-0.05, 0) is 24.8 Å². The summed E-state index contributed by atoms with van der Waals surface area (Å²) in [6, 6.07) is 1.96. The van der Waals surface area contributed by atoms with E-state index in [9.17, 15) is 4.79 Å². The van der Waals surface area contributed by atoms with Crippen molar-refractivity contribution in [2.24, 2.45) is 5.92 Å². The van der Waals surface area contributed by atoms with Gasteiger partial charge in [-0.2, -0.15) is 5.10 Å². The fourth-order valence-electron chi connectivity index (χ4n) is 1.43. The molecule has 0 unspecified atom stereocenters. The number of aryl methyl sites for hydroxylation is 1. The third-order valence-corrected chi connectivity index (χ3v) is 2.07. The van der Waals surface area contributed by atoms with Gasteiger partial charge in [-0.25, -0.2) is 0 Å². The first-order valence-corrected chi connectivity index (χ1v) is 5.32. The van der Waals surface area contributed by atoms with Crippen molar-refractivity contribution < 1.29 is 9.90 Å². The number of nitrogens with zero attached hydrogens (tertiary/aromatic N) is 2. The van der Waals surface area contributed by atoms with E-state index in [1.54, 1.807) is 0 Å². The van der Waals surface area contributed by atoms with E-state index in [0.717, 1.165) is 18.7 Å². The topological polar surface area (TPSA) is 55.1 Å². The molecule has 1 N–H and O–H groups in total. The Labute approximate surface area is 89.9 Å². The number of aromatic nitrogens is 2. The van der Waals surface area contributed by atoms with Gasteiger partial charge in [-0.1, -0.05) is 13.8 Å². The van der Waals surface area contributed by atoms with Crippen LogP contribution in [0.15, 0.2) is 12.3 Å². The van der Waals surface area contributed by atoms with E-state index in [1.165, 1.54) is 0 Å². The highest BCUT2D eigenvalue weighted by molar-refractivity contribution is 5.66. The Bertz CT molecular complexity index is 318. The van der Waals surface area contributed by atoms with Gasteiger partial charge in [0.25, 0.3) is 0 Å². The van der Waals surface area contributed by atoms with Gasteiger partial charge in [-0.3, -0.25) is 9.48 Å². The molecule has 0 atom stereocenters. The van der Waals surface area contributed by atoms with Crippen molar-refractivity contribution >= 4 is 5.97 Å². The molecular weight excluding hydrogens is 192 g/mol. The first-order valence-electron chi connectivity index (χ1n) is 5.32. The van der Waals surface area contributed by atoms with E-state index in [1.807, 2.05) is 16.9 Å². The lowest BCUT2D eigenvalue weighted by molar-refractivity contribution is -0.137. The van der Waals surface area contributed by atoms with Crippen molar-refractivity contribution in [3.8, 4) is 0 Å². The quantitative estimate of drug-likeness (QED) is 0.780. The maximum Gasteiger partial charge on any atom is 0.303 e. The van der Waals surface area contributed by atoms with Gasteiger partial charge in [0.15, 0.2) is 0 Å². The molecule has 0 bridgehead atoms. The van der Waals surface area contributed by atoms with Gasteiger partial charge in [0, 0.05) is 19.2 Å². The number of hydrogen-bond acceptors (Lipinski definition) is 2. The van der Waals surface area contributed by atoms with E-state index in [0.29, 0.717) is 12.3 Å². The molecule has 0 aliphatic rings. The van der Waals surface area contributed by atoms with Crippen LogP contribution in [-0.2, 0) is 17.8 Å². The molecule has 0 aromatic carbocycles. The number of rotatable bonds is 6. The Hall–Kier alpha value is -1.32. The number of carboxylic acids is 1. The zero-order valence-corrected chi connectivity index (χ0v) is 9.31. The average Bonchev–Trinajstić information content (AvgIpc) is 2.50. The minimum absolute atomic E-state index is 0.219. The summed E-state index contributed by atoms with van der Waals surface area (Å²) in [6.45, 7) is 5.20. The highest BCUT2D eigenvalue weighted by atomic mass is 16.4. The lowest BCUT2D eigenvalue weighted by Gasteiger charge is -2.03. The van der Waals surface area contributed by atoms with E-state index in [2.05, 4.69) is 18.9 Å². The second-order valence-electron chi connectivity index (χ2n) is 4.17. The summed E-state index contributed by atoms with van der Waals surface area (Å²) >= 11 is 0. The maximum atomic E-state index is 10.3. The first-order chi connectivity index (χ1) is 7.08. The molecule has 4 heteroatoms. The Morgan fingerprint density at radius 1 is 1.60 bits per heavy atom. The highest BCUT2D eigenvalue weighted by Crippen LogP contribution is 2.04. The summed E-state index contributed by atoms with van der Waals surface area (Å²) in [6.07, 6.45) is 3.58. The number of carboxylic acid groups (broad SMARTS) is 1. The van der Waals surface area contributed by atoms with Crippen molar-refractivity contribution in [1.82, 2.24) is 9.78 Å². The predicted octanol–water partition coefficient (Wildman–Crippen LogP) is 1.95. The zero-order chi connectivity index (χ0) is 11.3. The molecule has 1 aromatic heterocycles. The van der Waals surface area contributed by atoms with Crippen LogP contribution in [0.4, 0.5) is 0 Å². The lowest BCUT2D eigenvalue weighted by atomic mass is 10.2. The van der Waals surface area contributed by atoms with Crippen LogP contribution in [-0.4, -0.2) is 20.9 Å². The smallest absolute Gasteiger partial charge is 0.303 e. The first kappa shape index (κ1) is 11.8. The minimum atomic E-state index is -0.739. The van der Waals surface area contributed by atoms with E-state index >= 15 is 0 Å². The summed E-state index contributed by atoms with van der Waals surface area (Å²) < 4.78 is 1.92. The van der Waals surface area contributed by atoms with Gasteiger partial charge < -0.3 is 5.11 Å². The number of hydrogen-bond donors (Lipinski definition) is 1. The standard InChI is InChI=1S/C11H18N2O2/c1-9(2)8-13-7-6-10(12-13)4-3-5-11(14)15/h6-7,9H,3-5,8H2,1-2H3,(H,14,15). The minimum Gasteiger partial charge on any atom is -0.481 e. The van der Waals surface area contributed by atoms with Crippen LogP contribution >= 0.6 is 0 Å². The molecule has 0 radical (unpaired) electrons. The van der Waals surface area contributed by atoms with Crippen LogP contribution in [0.25, 0.3) is 0 Å². The van der Waals surface area contributed by atoms with Crippen molar-refractivity contribution in [2.75, 3.05) is 0 Å². The summed E-state index contributed by atoms with van der Waals surface area (Å²) in [5.74, 6) is -0.159. The summed E-state index contributed by atoms with van der Waals surface area (Å²) in [5.41, 5.74) is 0.983. The van der Waals surface area contributed by atoms with Crippen LogP contribution < -0.4 is 0 Å². The van der Waals surface area contributed by atoms with E-state index < -0.39 is 5.97 Å². The molecule has 1 rings (SSSR count). The molecule has 1 aromatic rings. The van der Waals surface area contributed by atoms with Gasteiger partial charge in [0.1, 0.15) is 0 Å². The Morgan fingerprint density at radius 3 is 2.93 bits per heavy atom. The summed E-state index contributed by atoms with van der Waals surface area (Å²) in [7, 11) is 0. The van der Waals surface area contributed by atoms with Crippen LogP contribution in [0.3, 0.4) is 0 Å². The molecule has 15 heavy (non-hydrogen) atoms. The van der Waals surface area contributed by atoms with Crippen molar-refractivity contribution in [2.45, 2.75) is 39.7 Å². The average molecular weight is 210 g/mol. The van der Waals surface area contributed by atoms with Crippen molar-refractivity contribution in [1.29, 1.82) is 0 Å². The molecule has 0 saturated heterocycles. The zero-order valence-electron chi connectivity index (χ0n) is 9.31. The van der Waals surface area contributed by atoms with Crippen LogP contribution in [0.2, 0.25) is 0 Å². The Morgan fingerprint density at radius 2 is 2.33 bits per heavy atom. The fraction of sp³-hybridized carbons (Fsp3) is 0.636. The van der Waals surface area contributed by atoms with Gasteiger partial charge >= 0.3 is 5.97 Å². The number of carbonyl (C=O) groups is 1. The number of aliphatic carboxylic acids is 1. The second kappa shape index (κ2) is 5.53. The van der Waals surface area contributed by atoms with Gasteiger partial charge in [0.2, 0.25) is 0 Å². The van der Waals surface area contributed by atoms with Crippen molar-refractivity contribution in [3.63, 3.8) is 0 Å². The summed E-state index contributed by atoms with van der Waals surface area (Å²) in [5, 5.41) is 12.9. The van der Waals surface area contributed by atoms with Gasteiger partial charge in [-0.15, -0.1) is 0 Å². The molecule has 4 nitrogen and oxygen atoms in total. The van der Waals surface area contributed by atoms with Crippen molar-refractivity contribution in [3.05, 3.63) is 18.0 Å². The lowest BCUT2D eigenvalue weighted by Crippen LogP contribution is -2.05. The molecule has 0 saturated carbocycles. The van der Waals surface area contributed by atoms with E-state index in [4.69, 9.17) is 5.11 Å². The van der Waals surface area contributed by atoms with Gasteiger partial charge in [0.05, 0.1) is 5.69 Å². The second-order valence-corrected chi connectivity index (χ2v) is 4.17. The molecule has 0 amide bonds. The third kappa shape index (κ3) is 4.63. The molecular formula is C11H18N2O2. The molecule has 0 aliphatic carbocycles. The Kier molecular flexibility index (Phi) is 4.34. The monoisotopic (exact) mass is 210 g/mol. The maximum absolute atomic E-state index is 10.3. The van der Waals surface area contributed by atoms with Crippen LogP contribution in [0, 0.1) is 5.92 Å². The fourth-order valence-corrected chi connectivity index (χ4v) is 1.43. The molecule has 84 valence electrons. The molecule has 1 heterocycles. The Balaban J connectivity index is 2.36. The third-order valence-electron chi connectivity index (χ3n) is 2.07. The molecule has 0 aliphatic heterocycles. The largest absolute Gasteiger partial charge is 0.481 e. The van der Waals surface area contributed by atoms with Crippen LogP contribution in [0.5, 0.6) is 0 Å².